The first-order valence-electron chi connectivity index (χ1n) is 8.49. The van der Waals surface area contributed by atoms with Crippen LogP contribution in [0.25, 0.3) is 0 Å². The first-order valence-corrected chi connectivity index (χ1v) is 8.49. The Morgan fingerprint density at radius 2 is 2.17 bits per heavy atom. The first-order chi connectivity index (χ1) is 11.5. The van der Waals surface area contributed by atoms with E-state index in [0.717, 1.165) is 24.4 Å². The van der Waals surface area contributed by atoms with E-state index in [-0.39, 0.29) is 22.9 Å². The SMILES string of the molecule is Cc1ccc(C(=O)N2CCCC(c3nccn3C(C)C)C2)c(=O)[nH]1. The number of H-pyrrole nitrogens is 1. The van der Waals surface area contributed by atoms with E-state index in [1.807, 2.05) is 12.4 Å². The third-order valence-electron chi connectivity index (χ3n) is 4.61. The second kappa shape index (κ2) is 6.63. The van der Waals surface area contributed by atoms with Crippen LogP contribution in [0.2, 0.25) is 0 Å². The van der Waals surface area contributed by atoms with E-state index in [4.69, 9.17) is 0 Å². The highest BCUT2D eigenvalue weighted by Gasteiger charge is 2.29. The second-order valence-electron chi connectivity index (χ2n) is 6.76. The Morgan fingerprint density at radius 1 is 1.38 bits per heavy atom. The summed E-state index contributed by atoms with van der Waals surface area (Å²) in [4.78, 5) is 33.8. The maximum absolute atomic E-state index is 12.7. The van der Waals surface area contributed by atoms with Crippen molar-refractivity contribution in [2.75, 3.05) is 13.1 Å². The zero-order chi connectivity index (χ0) is 17.3. The molecular weight excluding hydrogens is 304 g/mol. The van der Waals surface area contributed by atoms with Gasteiger partial charge in [-0.25, -0.2) is 4.98 Å². The largest absolute Gasteiger partial charge is 0.338 e. The van der Waals surface area contributed by atoms with Gasteiger partial charge in [0.2, 0.25) is 0 Å². The van der Waals surface area contributed by atoms with Crippen molar-refractivity contribution in [3.05, 3.63) is 52.0 Å². The molecule has 1 aliphatic heterocycles. The lowest BCUT2D eigenvalue weighted by molar-refractivity contribution is 0.0701. The molecule has 1 aliphatic rings. The number of carbonyl (C=O) groups excluding carboxylic acids is 1. The van der Waals surface area contributed by atoms with Crippen molar-refractivity contribution in [1.82, 2.24) is 19.4 Å². The Morgan fingerprint density at radius 3 is 2.88 bits per heavy atom. The van der Waals surface area contributed by atoms with E-state index in [1.54, 1.807) is 24.0 Å². The molecule has 1 atom stereocenters. The van der Waals surface area contributed by atoms with Crippen molar-refractivity contribution >= 4 is 5.91 Å². The van der Waals surface area contributed by atoms with E-state index in [2.05, 4.69) is 28.4 Å². The molecule has 1 fully saturated rings. The molecule has 2 aromatic rings. The Bertz CT molecular complexity index is 790. The summed E-state index contributed by atoms with van der Waals surface area (Å²) in [6.07, 6.45) is 5.75. The number of hydrogen-bond donors (Lipinski definition) is 1. The minimum atomic E-state index is -0.314. The zero-order valence-electron chi connectivity index (χ0n) is 14.5. The molecule has 0 bridgehead atoms. The molecule has 3 heterocycles. The van der Waals surface area contributed by atoms with Gasteiger partial charge in [-0.05, 0) is 45.7 Å². The summed E-state index contributed by atoms with van der Waals surface area (Å²) < 4.78 is 2.16. The van der Waals surface area contributed by atoms with Crippen molar-refractivity contribution in [3.63, 3.8) is 0 Å². The van der Waals surface area contributed by atoms with Gasteiger partial charge >= 0.3 is 0 Å². The molecule has 1 N–H and O–H groups in total. The van der Waals surface area contributed by atoms with Crippen LogP contribution in [0.15, 0.2) is 29.3 Å². The number of amides is 1. The van der Waals surface area contributed by atoms with Gasteiger partial charge < -0.3 is 14.5 Å². The maximum atomic E-state index is 12.7. The molecule has 6 heteroatoms. The van der Waals surface area contributed by atoms with Gasteiger partial charge in [0.25, 0.3) is 11.5 Å². The number of nitrogens with one attached hydrogen (secondary N) is 1. The number of likely N-dealkylation sites (tertiary alicyclic amines) is 1. The van der Waals surface area contributed by atoms with Crippen LogP contribution in [0, 0.1) is 6.92 Å². The summed E-state index contributed by atoms with van der Waals surface area (Å²) in [7, 11) is 0. The van der Waals surface area contributed by atoms with Crippen LogP contribution < -0.4 is 5.56 Å². The lowest BCUT2D eigenvalue weighted by Crippen LogP contribution is -2.41. The number of aromatic amines is 1. The monoisotopic (exact) mass is 328 g/mol. The molecule has 6 nitrogen and oxygen atoms in total. The molecular formula is C18H24N4O2. The highest BCUT2D eigenvalue weighted by atomic mass is 16.2. The molecule has 3 rings (SSSR count). The lowest BCUT2D eigenvalue weighted by atomic mass is 9.96. The van der Waals surface area contributed by atoms with Crippen LogP contribution in [0.4, 0.5) is 0 Å². The van der Waals surface area contributed by atoms with E-state index in [9.17, 15) is 9.59 Å². The quantitative estimate of drug-likeness (QED) is 0.941. The summed E-state index contributed by atoms with van der Waals surface area (Å²) in [6.45, 7) is 7.35. The minimum absolute atomic E-state index is 0.191. The molecule has 2 aromatic heterocycles. The summed E-state index contributed by atoms with van der Waals surface area (Å²) in [6, 6.07) is 3.73. The van der Waals surface area contributed by atoms with Crippen LogP contribution in [0.1, 0.15) is 60.5 Å². The fraction of sp³-hybridized carbons (Fsp3) is 0.500. The third-order valence-corrected chi connectivity index (χ3v) is 4.61. The Kier molecular flexibility index (Phi) is 4.55. The van der Waals surface area contributed by atoms with Crippen LogP contribution in [0.5, 0.6) is 0 Å². The number of aryl methyl sites for hydroxylation is 1. The first kappa shape index (κ1) is 16.5. The van der Waals surface area contributed by atoms with Crippen molar-refractivity contribution in [2.24, 2.45) is 0 Å². The predicted molar refractivity (Wildman–Crippen MR) is 92.3 cm³/mol. The van der Waals surface area contributed by atoms with Gasteiger partial charge in [-0.15, -0.1) is 0 Å². The number of imidazole rings is 1. The van der Waals surface area contributed by atoms with Gasteiger partial charge in [0, 0.05) is 43.1 Å². The van der Waals surface area contributed by atoms with Gasteiger partial charge in [-0.1, -0.05) is 0 Å². The highest BCUT2D eigenvalue weighted by molar-refractivity contribution is 5.93. The van der Waals surface area contributed by atoms with Crippen LogP contribution in [-0.2, 0) is 0 Å². The molecule has 0 saturated carbocycles. The number of aromatic nitrogens is 3. The lowest BCUT2D eigenvalue weighted by Gasteiger charge is -2.33. The summed E-state index contributed by atoms with van der Waals surface area (Å²) in [5, 5.41) is 0. The Balaban J connectivity index is 1.81. The number of carbonyl (C=O) groups is 1. The predicted octanol–water partition coefficient (Wildman–Crippen LogP) is 2.48. The van der Waals surface area contributed by atoms with E-state index in [1.165, 1.54) is 0 Å². The van der Waals surface area contributed by atoms with Crippen molar-refractivity contribution in [2.45, 2.75) is 45.6 Å². The number of piperidine rings is 1. The number of pyridine rings is 1. The number of rotatable bonds is 3. The molecule has 24 heavy (non-hydrogen) atoms. The average Bonchev–Trinajstić information content (AvgIpc) is 3.04. The zero-order valence-corrected chi connectivity index (χ0v) is 14.5. The van der Waals surface area contributed by atoms with Crippen molar-refractivity contribution in [3.8, 4) is 0 Å². The van der Waals surface area contributed by atoms with Gasteiger partial charge in [0.1, 0.15) is 11.4 Å². The van der Waals surface area contributed by atoms with Gasteiger partial charge in [-0.3, -0.25) is 9.59 Å². The minimum Gasteiger partial charge on any atom is -0.338 e. The van der Waals surface area contributed by atoms with E-state index in [0.29, 0.717) is 19.1 Å². The molecule has 0 spiro atoms. The van der Waals surface area contributed by atoms with E-state index < -0.39 is 0 Å². The van der Waals surface area contributed by atoms with E-state index >= 15 is 0 Å². The van der Waals surface area contributed by atoms with Gasteiger partial charge in [0.05, 0.1) is 0 Å². The summed E-state index contributed by atoms with van der Waals surface area (Å²) in [5.74, 6) is 1.05. The Hall–Kier alpha value is -2.37. The van der Waals surface area contributed by atoms with Crippen molar-refractivity contribution in [1.29, 1.82) is 0 Å². The fourth-order valence-electron chi connectivity index (χ4n) is 3.36. The molecule has 1 unspecified atom stereocenters. The van der Waals surface area contributed by atoms with Gasteiger partial charge in [0.15, 0.2) is 0 Å². The molecule has 1 amide bonds. The highest BCUT2D eigenvalue weighted by Crippen LogP contribution is 2.28. The molecule has 128 valence electrons. The standard InChI is InChI=1S/C18H24N4O2/c1-12(2)22-10-8-19-16(22)14-5-4-9-21(11-14)18(24)15-7-6-13(3)20-17(15)23/h6-8,10,12,14H,4-5,9,11H2,1-3H3,(H,20,23). The Labute approximate surface area is 141 Å². The summed E-state index contributed by atoms with van der Waals surface area (Å²) >= 11 is 0. The molecule has 0 aromatic carbocycles. The normalized spacial score (nSPS) is 18.2. The van der Waals surface area contributed by atoms with Crippen molar-refractivity contribution < 1.29 is 4.79 Å². The average molecular weight is 328 g/mol. The van der Waals surface area contributed by atoms with Crippen LogP contribution in [0.3, 0.4) is 0 Å². The maximum Gasteiger partial charge on any atom is 0.260 e. The molecule has 0 aliphatic carbocycles. The smallest absolute Gasteiger partial charge is 0.260 e. The second-order valence-corrected chi connectivity index (χ2v) is 6.76. The molecule has 0 radical (unpaired) electrons. The number of hydrogen-bond acceptors (Lipinski definition) is 3. The summed E-state index contributed by atoms with van der Waals surface area (Å²) in [5.41, 5.74) is 0.659. The van der Waals surface area contributed by atoms with Gasteiger partial charge in [-0.2, -0.15) is 0 Å². The molecule has 1 saturated heterocycles. The number of nitrogens with zero attached hydrogens (tertiary/aromatic N) is 3. The fourth-order valence-corrected chi connectivity index (χ4v) is 3.36. The topological polar surface area (TPSA) is 71.0 Å². The van der Waals surface area contributed by atoms with Crippen LogP contribution >= 0.6 is 0 Å². The van der Waals surface area contributed by atoms with Crippen LogP contribution in [-0.4, -0.2) is 38.4 Å². The third kappa shape index (κ3) is 3.13.